The molecule has 0 radical (unpaired) electrons. The third-order valence-corrected chi connectivity index (χ3v) is 6.46. The number of nitrogens with one attached hydrogen (secondary N) is 1. The van der Waals surface area contributed by atoms with Gasteiger partial charge in [-0.2, -0.15) is 0 Å². The third kappa shape index (κ3) is 7.09. The van der Waals surface area contributed by atoms with E-state index in [4.69, 9.17) is 4.74 Å². The Kier molecular flexibility index (Phi) is 8.27. The lowest BCUT2D eigenvalue weighted by molar-refractivity contribution is -0.123. The van der Waals surface area contributed by atoms with Gasteiger partial charge >= 0.3 is 0 Å². The fourth-order valence-corrected chi connectivity index (χ4v) is 4.46. The molecule has 6 nitrogen and oxygen atoms in total. The Morgan fingerprint density at radius 1 is 1.12 bits per heavy atom. The van der Waals surface area contributed by atoms with Crippen LogP contribution in [0.1, 0.15) is 37.7 Å². The molecule has 32 heavy (non-hydrogen) atoms. The highest BCUT2D eigenvalue weighted by Gasteiger charge is 2.19. The van der Waals surface area contributed by atoms with Crippen molar-refractivity contribution in [3.8, 4) is 5.75 Å². The predicted octanol–water partition coefficient (Wildman–Crippen LogP) is 4.18. The van der Waals surface area contributed by atoms with Crippen LogP contribution in [-0.4, -0.2) is 33.7 Å². The number of hydrogen-bond donors (Lipinski definition) is 1. The number of anilines is 1. The second-order valence-electron chi connectivity index (χ2n) is 7.85. The lowest BCUT2D eigenvalue weighted by Crippen LogP contribution is -2.30. The van der Waals surface area contributed by atoms with Crippen LogP contribution in [0, 0.1) is 5.82 Å². The summed E-state index contributed by atoms with van der Waals surface area (Å²) in [6, 6.07) is 12.4. The molecule has 0 aliphatic heterocycles. The van der Waals surface area contributed by atoms with E-state index in [0.717, 1.165) is 29.8 Å². The molecular weight excluding hydrogens is 431 g/mol. The van der Waals surface area contributed by atoms with Crippen molar-refractivity contribution in [2.45, 2.75) is 38.6 Å². The molecule has 0 aromatic heterocycles. The number of amides is 1. The van der Waals surface area contributed by atoms with Gasteiger partial charge in [-0.1, -0.05) is 29.8 Å². The summed E-state index contributed by atoms with van der Waals surface area (Å²) in [5, 5.41) is 2.85. The quantitative estimate of drug-likeness (QED) is 0.540. The zero-order valence-electron chi connectivity index (χ0n) is 18.2. The van der Waals surface area contributed by atoms with E-state index >= 15 is 0 Å². The first-order valence-electron chi connectivity index (χ1n) is 10.7. The average molecular weight is 461 g/mol. The molecule has 0 unspecified atom stereocenters. The number of ether oxygens (including phenoxy) is 1. The monoisotopic (exact) mass is 460 g/mol. The number of sulfonamides is 1. The minimum absolute atomic E-state index is 0.120. The van der Waals surface area contributed by atoms with Crippen LogP contribution in [0.3, 0.4) is 0 Å². The van der Waals surface area contributed by atoms with E-state index in [-0.39, 0.29) is 24.6 Å². The Bertz CT molecular complexity index is 1050. The van der Waals surface area contributed by atoms with E-state index in [2.05, 4.69) is 11.4 Å². The highest BCUT2D eigenvalue weighted by atomic mass is 32.2. The standard InChI is InChI=1S/C24H29FN2O4S/c1-32(29,30)27(17-20-9-5-6-10-23(20)25)21-11-13-22(14-12-21)31-18-24(28)26-16-15-19-7-3-2-4-8-19/h5-7,9-14H,2-4,8,15-18H2,1H3,(H,26,28). The zero-order valence-corrected chi connectivity index (χ0v) is 19.0. The molecule has 1 aliphatic rings. The molecule has 0 atom stereocenters. The Morgan fingerprint density at radius 3 is 2.53 bits per heavy atom. The van der Waals surface area contributed by atoms with Gasteiger partial charge in [0.1, 0.15) is 11.6 Å². The number of allylic oxidation sites excluding steroid dienone is 1. The van der Waals surface area contributed by atoms with E-state index in [1.165, 1.54) is 24.5 Å². The van der Waals surface area contributed by atoms with Gasteiger partial charge in [-0.25, -0.2) is 12.8 Å². The minimum atomic E-state index is -3.63. The second-order valence-corrected chi connectivity index (χ2v) is 9.76. The van der Waals surface area contributed by atoms with Crippen LogP contribution in [0.25, 0.3) is 0 Å². The predicted molar refractivity (Wildman–Crippen MR) is 124 cm³/mol. The van der Waals surface area contributed by atoms with Crippen LogP contribution in [-0.2, 0) is 21.4 Å². The number of carbonyl (C=O) groups excluding carboxylic acids is 1. The van der Waals surface area contributed by atoms with E-state index in [9.17, 15) is 17.6 Å². The Balaban J connectivity index is 1.54. The van der Waals surface area contributed by atoms with Crippen molar-refractivity contribution in [2.75, 3.05) is 23.7 Å². The number of hydrogen-bond acceptors (Lipinski definition) is 4. The highest BCUT2D eigenvalue weighted by molar-refractivity contribution is 7.92. The molecule has 0 saturated carbocycles. The lowest BCUT2D eigenvalue weighted by Gasteiger charge is -2.23. The summed E-state index contributed by atoms with van der Waals surface area (Å²) in [6.07, 6.45) is 8.90. The molecule has 0 fully saturated rings. The summed E-state index contributed by atoms with van der Waals surface area (Å²) in [7, 11) is -3.63. The lowest BCUT2D eigenvalue weighted by atomic mass is 9.97. The summed E-state index contributed by atoms with van der Waals surface area (Å²) in [4.78, 5) is 12.0. The SMILES string of the molecule is CS(=O)(=O)N(Cc1ccccc1F)c1ccc(OCC(=O)NCCC2=CCCCC2)cc1. The molecule has 1 aliphatic carbocycles. The largest absolute Gasteiger partial charge is 0.484 e. The van der Waals surface area contributed by atoms with Gasteiger partial charge < -0.3 is 10.1 Å². The molecule has 1 N–H and O–H groups in total. The highest BCUT2D eigenvalue weighted by Crippen LogP contribution is 2.24. The second kappa shape index (κ2) is 11.1. The summed E-state index contributed by atoms with van der Waals surface area (Å²) < 4.78 is 45.2. The number of rotatable bonds is 10. The Hall–Kier alpha value is -2.87. The number of benzene rings is 2. The first kappa shape index (κ1) is 23.8. The molecule has 3 rings (SSSR count). The van der Waals surface area contributed by atoms with Gasteiger partial charge in [-0.05, 0) is 62.4 Å². The number of carbonyl (C=O) groups is 1. The van der Waals surface area contributed by atoms with Crippen molar-refractivity contribution >= 4 is 21.6 Å². The van der Waals surface area contributed by atoms with Gasteiger partial charge in [0.25, 0.3) is 5.91 Å². The fraction of sp³-hybridized carbons (Fsp3) is 0.375. The number of halogens is 1. The molecule has 0 saturated heterocycles. The molecule has 0 bridgehead atoms. The Morgan fingerprint density at radius 2 is 1.88 bits per heavy atom. The normalized spacial score (nSPS) is 13.9. The van der Waals surface area contributed by atoms with Crippen molar-refractivity contribution < 1.29 is 22.3 Å². The molecule has 2 aromatic rings. The van der Waals surface area contributed by atoms with Crippen molar-refractivity contribution in [3.05, 3.63) is 71.6 Å². The van der Waals surface area contributed by atoms with Gasteiger partial charge in [0, 0.05) is 12.1 Å². The minimum Gasteiger partial charge on any atom is -0.484 e. The maximum atomic E-state index is 14.0. The van der Waals surface area contributed by atoms with E-state index in [1.807, 2.05) is 0 Å². The van der Waals surface area contributed by atoms with Gasteiger partial charge in [-0.3, -0.25) is 9.10 Å². The number of nitrogens with zero attached hydrogens (tertiary/aromatic N) is 1. The van der Waals surface area contributed by atoms with Crippen LogP contribution in [0.15, 0.2) is 60.2 Å². The average Bonchev–Trinajstić information content (AvgIpc) is 2.77. The summed E-state index contributed by atoms with van der Waals surface area (Å²) in [5.41, 5.74) is 2.06. The van der Waals surface area contributed by atoms with Crippen molar-refractivity contribution in [3.63, 3.8) is 0 Å². The van der Waals surface area contributed by atoms with Crippen LogP contribution < -0.4 is 14.4 Å². The molecule has 0 heterocycles. The van der Waals surface area contributed by atoms with Crippen molar-refractivity contribution in [1.82, 2.24) is 5.32 Å². The molecule has 8 heteroatoms. The van der Waals surface area contributed by atoms with E-state index in [0.29, 0.717) is 18.0 Å². The molecule has 172 valence electrons. The van der Waals surface area contributed by atoms with Gasteiger partial charge in [0.15, 0.2) is 6.61 Å². The van der Waals surface area contributed by atoms with E-state index in [1.54, 1.807) is 42.5 Å². The zero-order chi connectivity index (χ0) is 23.0. The Labute approximate surface area is 189 Å². The van der Waals surface area contributed by atoms with Crippen molar-refractivity contribution in [1.29, 1.82) is 0 Å². The van der Waals surface area contributed by atoms with Crippen LogP contribution >= 0.6 is 0 Å². The van der Waals surface area contributed by atoms with Gasteiger partial charge in [0.05, 0.1) is 18.5 Å². The molecule has 0 spiro atoms. The van der Waals surface area contributed by atoms with Crippen LogP contribution in [0.2, 0.25) is 0 Å². The summed E-state index contributed by atoms with van der Waals surface area (Å²) >= 11 is 0. The first-order valence-corrected chi connectivity index (χ1v) is 12.6. The van der Waals surface area contributed by atoms with Crippen LogP contribution in [0.5, 0.6) is 5.75 Å². The van der Waals surface area contributed by atoms with Gasteiger partial charge in [0.2, 0.25) is 10.0 Å². The van der Waals surface area contributed by atoms with Crippen molar-refractivity contribution in [2.24, 2.45) is 0 Å². The van der Waals surface area contributed by atoms with Gasteiger partial charge in [-0.15, -0.1) is 0 Å². The maximum Gasteiger partial charge on any atom is 0.257 e. The smallest absolute Gasteiger partial charge is 0.257 e. The topological polar surface area (TPSA) is 75.7 Å². The molecular formula is C24H29FN2O4S. The summed E-state index contributed by atoms with van der Waals surface area (Å²) in [6.45, 7) is 0.348. The van der Waals surface area contributed by atoms with Crippen LogP contribution in [0.4, 0.5) is 10.1 Å². The molecule has 2 aromatic carbocycles. The summed E-state index contributed by atoms with van der Waals surface area (Å²) in [5.74, 6) is -0.229. The third-order valence-electron chi connectivity index (χ3n) is 5.32. The van der Waals surface area contributed by atoms with E-state index < -0.39 is 15.8 Å². The fourth-order valence-electron chi connectivity index (χ4n) is 3.58. The first-order chi connectivity index (χ1) is 15.3. The maximum absolute atomic E-state index is 14.0. The molecule has 1 amide bonds.